The molecule has 0 spiro atoms. The van der Waals surface area contributed by atoms with Crippen molar-refractivity contribution in [1.82, 2.24) is 5.32 Å². The van der Waals surface area contributed by atoms with Crippen LogP contribution in [-0.4, -0.2) is 6.04 Å². The summed E-state index contributed by atoms with van der Waals surface area (Å²) in [7, 11) is 0. The predicted molar refractivity (Wildman–Crippen MR) is 82.5 cm³/mol. The molecule has 1 atom stereocenters. The van der Waals surface area contributed by atoms with Gasteiger partial charge >= 0.3 is 0 Å². The number of benzene rings is 1. The molecule has 0 saturated heterocycles. The minimum Gasteiger partial charge on any atom is -0.469 e. The zero-order valence-electron chi connectivity index (χ0n) is 10.8. The molecule has 4 heteroatoms. The molecule has 1 N–H and O–H groups in total. The molecule has 19 heavy (non-hydrogen) atoms. The summed E-state index contributed by atoms with van der Waals surface area (Å²) in [6.45, 7) is 2.95. The first-order valence-electron chi connectivity index (χ1n) is 6.35. The first-order valence-corrected chi connectivity index (χ1v) is 7.52. The van der Waals surface area contributed by atoms with E-state index in [1.54, 1.807) is 6.26 Å². The maximum absolute atomic E-state index is 6.16. The standard InChI is InChI=1S/C15H17BrClNO/c1-11(4-6-14-3-2-8-19-14)18-10-12-9-13(16)5-7-15(12)17/h2-3,5,7-9,11,18H,4,6,10H2,1H3. The zero-order valence-corrected chi connectivity index (χ0v) is 13.2. The Morgan fingerprint density at radius 2 is 2.21 bits per heavy atom. The lowest BCUT2D eigenvalue weighted by Crippen LogP contribution is -2.26. The van der Waals surface area contributed by atoms with Gasteiger partial charge in [-0.2, -0.15) is 0 Å². The average molecular weight is 343 g/mol. The number of halogens is 2. The molecule has 0 radical (unpaired) electrons. The van der Waals surface area contributed by atoms with Gasteiger partial charge in [-0.05, 0) is 49.2 Å². The third kappa shape index (κ3) is 4.68. The van der Waals surface area contributed by atoms with Gasteiger partial charge in [-0.15, -0.1) is 0 Å². The van der Waals surface area contributed by atoms with E-state index in [0.717, 1.165) is 40.2 Å². The van der Waals surface area contributed by atoms with E-state index in [2.05, 4.69) is 34.2 Å². The Balaban J connectivity index is 1.79. The Bertz CT molecular complexity index is 513. The Morgan fingerprint density at radius 3 is 2.95 bits per heavy atom. The summed E-state index contributed by atoms with van der Waals surface area (Å²) in [4.78, 5) is 0. The van der Waals surface area contributed by atoms with E-state index in [0.29, 0.717) is 6.04 Å². The zero-order chi connectivity index (χ0) is 13.7. The minimum atomic E-state index is 0.417. The smallest absolute Gasteiger partial charge is 0.103 e. The molecule has 0 aliphatic carbocycles. The van der Waals surface area contributed by atoms with Crippen LogP contribution in [0.15, 0.2) is 45.5 Å². The normalized spacial score (nSPS) is 12.6. The number of nitrogens with one attached hydrogen (secondary N) is 1. The highest BCUT2D eigenvalue weighted by molar-refractivity contribution is 9.10. The van der Waals surface area contributed by atoms with E-state index < -0.39 is 0 Å². The van der Waals surface area contributed by atoms with Crippen LogP contribution in [-0.2, 0) is 13.0 Å². The van der Waals surface area contributed by atoms with Crippen molar-refractivity contribution in [3.05, 3.63) is 57.4 Å². The summed E-state index contributed by atoms with van der Waals surface area (Å²) in [5.41, 5.74) is 1.11. The second-order valence-electron chi connectivity index (χ2n) is 4.64. The first kappa shape index (κ1) is 14.6. The van der Waals surface area contributed by atoms with Gasteiger partial charge in [0.05, 0.1) is 6.26 Å². The van der Waals surface area contributed by atoms with Crippen molar-refractivity contribution in [3.63, 3.8) is 0 Å². The van der Waals surface area contributed by atoms with Crippen molar-refractivity contribution in [2.45, 2.75) is 32.4 Å². The fourth-order valence-corrected chi connectivity index (χ4v) is 2.47. The number of hydrogen-bond acceptors (Lipinski definition) is 2. The Hall–Kier alpha value is -0.770. The predicted octanol–water partition coefficient (Wildman–Crippen LogP) is 4.81. The van der Waals surface area contributed by atoms with Crippen molar-refractivity contribution >= 4 is 27.5 Å². The van der Waals surface area contributed by atoms with Crippen molar-refractivity contribution in [2.75, 3.05) is 0 Å². The van der Waals surface area contributed by atoms with Crippen LogP contribution < -0.4 is 5.32 Å². The van der Waals surface area contributed by atoms with Crippen LogP contribution in [0.4, 0.5) is 0 Å². The number of furan rings is 1. The SMILES string of the molecule is CC(CCc1ccco1)NCc1cc(Br)ccc1Cl. The Morgan fingerprint density at radius 1 is 1.37 bits per heavy atom. The van der Waals surface area contributed by atoms with Crippen LogP contribution in [0.2, 0.25) is 5.02 Å². The number of hydrogen-bond donors (Lipinski definition) is 1. The molecular weight excluding hydrogens is 326 g/mol. The molecule has 2 aromatic rings. The fourth-order valence-electron chi connectivity index (χ4n) is 1.88. The minimum absolute atomic E-state index is 0.417. The molecule has 0 bridgehead atoms. The monoisotopic (exact) mass is 341 g/mol. The molecular formula is C15H17BrClNO. The molecule has 1 aromatic heterocycles. The Kier molecular flexibility index (Phi) is 5.49. The van der Waals surface area contributed by atoms with Gasteiger partial charge in [-0.25, -0.2) is 0 Å². The molecule has 0 aliphatic heterocycles. The van der Waals surface area contributed by atoms with E-state index >= 15 is 0 Å². The summed E-state index contributed by atoms with van der Waals surface area (Å²) in [5, 5.41) is 4.28. The third-order valence-corrected chi connectivity index (χ3v) is 3.91. The maximum Gasteiger partial charge on any atom is 0.103 e. The second kappa shape index (κ2) is 7.13. The van der Waals surface area contributed by atoms with E-state index in [1.807, 2.05) is 24.3 Å². The van der Waals surface area contributed by atoms with Gasteiger partial charge < -0.3 is 9.73 Å². The van der Waals surface area contributed by atoms with Gasteiger partial charge in [0.25, 0.3) is 0 Å². The van der Waals surface area contributed by atoms with Crippen molar-refractivity contribution in [2.24, 2.45) is 0 Å². The van der Waals surface area contributed by atoms with E-state index in [9.17, 15) is 0 Å². The molecule has 1 heterocycles. The third-order valence-electron chi connectivity index (χ3n) is 3.05. The largest absolute Gasteiger partial charge is 0.469 e. The summed E-state index contributed by atoms with van der Waals surface area (Å²) in [5.74, 6) is 1.04. The topological polar surface area (TPSA) is 25.2 Å². The summed E-state index contributed by atoms with van der Waals surface area (Å²) in [6.07, 6.45) is 3.71. The number of aryl methyl sites for hydroxylation is 1. The van der Waals surface area contributed by atoms with Gasteiger partial charge in [0.15, 0.2) is 0 Å². The molecule has 1 unspecified atom stereocenters. The van der Waals surface area contributed by atoms with Crippen LogP contribution >= 0.6 is 27.5 Å². The van der Waals surface area contributed by atoms with Crippen LogP contribution in [0.3, 0.4) is 0 Å². The summed E-state index contributed by atoms with van der Waals surface area (Å²) >= 11 is 9.62. The quantitative estimate of drug-likeness (QED) is 0.815. The fraction of sp³-hybridized carbons (Fsp3) is 0.333. The van der Waals surface area contributed by atoms with Crippen molar-refractivity contribution in [3.8, 4) is 0 Å². The maximum atomic E-state index is 6.16. The lowest BCUT2D eigenvalue weighted by Gasteiger charge is -2.14. The molecule has 0 aliphatic rings. The van der Waals surface area contributed by atoms with Crippen molar-refractivity contribution < 1.29 is 4.42 Å². The summed E-state index contributed by atoms with van der Waals surface area (Å²) in [6, 6.07) is 10.3. The van der Waals surface area contributed by atoms with E-state index in [-0.39, 0.29) is 0 Å². The molecule has 1 aromatic carbocycles. The van der Waals surface area contributed by atoms with Gasteiger partial charge in [-0.1, -0.05) is 27.5 Å². The first-order chi connectivity index (χ1) is 9.15. The van der Waals surface area contributed by atoms with Gasteiger partial charge in [-0.3, -0.25) is 0 Å². The van der Waals surface area contributed by atoms with Crippen molar-refractivity contribution in [1.29, 1.82) is 0 Å². The van der Waals surface area contributed by atoms with Crippen LogP contribution in [0.25, 0.3) is 0 Å². The summed E-state index contributed by atoms with van der Waals surface area (Å²) < 4.78 is 6.38. The highest BCUT2D eigenvalue weighted by Crippen LogP contribution is 2.21. The van der Waals surface area contributed by atoms with Gasteiger partial charge in [0, 0.05) is 28.5 Å². The van der Waals surface area contributed by atoms with Crippen LogP contribution in [0.1, 0.15) is 24.7 Å². The highest BCUT2D eigenvalue weighted by atomic mass is 79.9. The lowest BCUT2D eigenvalue weighted by atomic mass is 10.1. The molecule has 2 nitrogen and oxygen atoms in total. The second-order valence-corrected chi connectivity index (χ2v) is 5.96. The van der Waals surface area contributed by atoms with E-state index in [4.69, 9.17) is 16.0 Å². The Labute approximate surface area is 127 Å². The average Bonchev–Trinajstić information content (AvgIpc) is 2.90. The lowest BCUT2D eigenvalue weighted by molar-refractivity contribution is 0.460. The molecule has 2 rings (SSSR count). The molecule has 102 valence electrons. The highest BCUT2D eigenvalue weighted by Gasteiger charge is 2.06. The number of rotatable bonds is 6. The van der Waals surface area contributed by atoms with Gasteiger partial charge in [0.1, 0.15) is 5.76 Å². The van der Waals surface area contributed by atoms with Crippen LogP contribution in [0, 0.1) is 0 Å². The van der Waals surface area contributed by atoms with E-state index in [1.165, 1.54) is 0 Å². The van der Waals surface area contributed by atoms with Crippen LogP contribution in [0.5, 0.6) is 0 Å². The molecule has 0 amide bonds. The van der Waals surface area contributed by atoms with Gasteiger partial charge in [0.2, 0.25) is 0 Å². The molecule has 0 fully saturated rings. The molecule has 0 saturated carbocycles.